The minimum Gasteiger partial charge on any atom is -0.466 e. The molecule has 0 spiro atoms. The summed E-state index contributed by atoms with van der Waals surface area (Å²) in [5.74, 6) is -1.07. The lowest BCUT2D eigenvalue weighted by Gasteiger charge is -2.01. The molecule has 0 atom stereocenters. The number of rotatable bonds is 3. The van der Waals surface area contributed by atoms with Gasteiger partial charge >= 0.3 is 5.97 Å². The van der Waals surface area contributed by atoms with E-state index in [2.05, 4.69) is 9.72 Å². The third-order valence-electron chi connectivity index (χ3n) is 1.59. The largest absolute Gasteiger partial charge is 0.466 e. The first-order valence-electron chi connectivity index (χ1n) is 4.38. The minimum absolute atomic E-state index is 0.0469. The van der Waals surface area contributed by atoms with Crippen LogP contribution in [-0.2, 0) is 16.0 Å². The van der Waals surface area contributed by atoms with Gasteiger partial charge in [0.1, 0.15) is 17.6 Å². The van der Waals surface area contributed by atoms with Gasteiger partial charge in [-0.3, -0.25) is 4.79 Å². The summed E-state index contributed by atoms with van der Waals surface area (Å²) in [4.78, 5) is 14.8. The van der Waals surface area contributed by atoms with Crippen LogP contribution in [0.3, 0.4) is 0 Å². The highest BCUT2D eigenvalue weighted by Crippen LogP contribution is 2.05. The summed E-state index contributed by atoms with van der Waals surface area (Å²) in [6.45, 7) is 1.94. The third kappa shape index (κ3) is 3.35. The molecule has 0 amide bonds. The number of carbonyl (C=O) groups is 1. The van der Waals surface area contributed by atoms with Crippen LogP contribution in [-0.4, -0.2) is 17.6 Å². The molecule has 0 fully saturated rings. The number of halogens is 1. The normalized spacial score (nSPS) is 9.40. The highest BCUT2D eigenvalue weighted by Gasteiger charge is 2.08. The molecule has 0 radical (unpaired) electrons. The quantitative estimate of drug-likeness (QED) is 0.700. The number of pyridine rings is 1. The van der Waals surface area contributed by atoms with Crippen molar-refractivity contribution in [2.75, 3.05) is 6.61 Å². The molecule has 0 saturated heterocycles. The summed E-state index contributed by atoms with van der Waals surface area (Å²) in [6, 6.07) is 3.83. The maximum Gasteiger partial charge on any atom is 0.311 e. The van der Waals surface area contributed by atoms with Crippen molar-refractivity contribution in [2.45, 2.75) is 13.3 Å². The van der Waals surface area contributed by atoms with Gasteiger partial charge in [0.25, 0.3) is 0 Å². The number of nitrogens with zero attached hydrogens (tertiary/aromatic N) is 2. The smallest absolute Gasteiger partial charge is 0.311 e. The van der Waals surface area contributed by atoms with Crippen LogP contribution in [0.4, 0.5) is 4.39 Å². The lowest BCUT2D eigenvalue weighted by molar-refractivity contribution is -0.142. The van der Waals surface area contributed by atoms with Crippen molar-refractivity contribution in [2.24, 2.45) is 0 Å². The van der Waals surface area contributed by atoms with Crippen molar-refractivity contribution in [1.29, 1.82) is 5.26 Å². The monoisotopic (exact) mass is 208 g/mol. The number of hydrogen-bond donors (Lipinski definition) is 0. The van der Waals surface area contributed by atoms with Crippen molar-refractivity contribution in [3.63, 3.8) is 0 Å². The zero-order chi connectivity index (χ0) is 11.3. The first-order valence-corrected chi connectivity index (χ1v) is 4.38. The second-order valence-electron chi connectivity index (χ2n) is 2.76. The number of hydrogen-bond acceptors (Lipinski definition) is 4. The molecule has 15 heavy (non-hydrogen) atoms. The second kappa shape index (κ2) is 5.05. The van der Waals surface area contributed by atoms with Crippen LogP contribution >= 0.6 is 0 Å². The summed E-state index contributed by atoms with van der Waals surface area (Å²) < 4.78 is 17.6. The van der Waals surface area contributed by atoms with Gasteiger partial charge in [-0.2, -0.15) is 5.26 Å². The van der Waals surface area contributed by atoms with Gasteiger partial charge < -0.3 is 4.74 Å². The summed E-state index contributed by atoms with van der Waals surface area (Å²) in [7, 11) is 0. The Hall–Kier alpha value is -1.96. The Bertz CT molecular complexity index is 412. The molecule has 5 heteroatoms. The predicted molar refractivity (Wildman–Crippen MR) is 49.2 cm³/mol. The van der Waals surface area contributed by atoms with E-state index in [1.54, 1.807) is 13.0 Å². The first-order chi connectivity index (χ1) is 7.15. The lowest BCUT2D eigenvalue weighted by atomic mass is 10.2. The van der Waals surface area contributed by atoms with Crippen molar-refractivity contribution in [3.8, 4) is 6.07 Å². The van der Waals surface area contributed by atoms with Gasteiger partial charge in [-0.05, 0) is 13.0 Å². The Kier molecular flexibility index (Phi) is 3.75. The van der Waals surface area contributed by atoms with E-state index in [4.69, 9.17) is 5.26 Å². The number of carbonyl (C=O) groups excluding carboxylic acids is 1. The van der Waals surface area contributed by atoms with Crippen LogP contribution in [0.1, 0.15) is 18.3 Å². The van der Waals surface area contributed by atoms with Gasteiger partial charge in [0, 0.05) is 6.07 Å². The zero-order valence-electron chi connectivity index (χ0n) is 8.16. The molecule has 1 aromatic heterocycles. The van der Waals surface area contributed by atoms with Crippen molar-refractivity contribution in [1.82, 2.24) is 4.98 Å². The Morgan fingerprint density at radius 1 is 1.67 bits per heavy atom. The maximum atomic E-state index is 12.9. The summed E-state index contributed by atoms with van der Waals surface area (Å²) in [6.07, 6.45) is -0.125. The number of ether oxygens (including phenoxy) is 1. The summed E-state index contributed by atoms with van der Waals surface area (Å²) in [5.41, 5.74) is 0.152. The van der Waals surface area contributed by atoms with Crippen LogP contribution in [0, 0.1) is 17.1 Å². The second-order valence-corrected chi connectivity index (χ2v) is 2.76. The van der Waals surface area contributed by atoms with Crippen LogP contribution < -0.4 is 0 Å². The zero-order valence-corrected chi connectivity index (χ0v) is 8.16. The van der Waals surface area contributed by atoms with Crippen LogP contribution in [0.5, 0.6) is 0 Å². The van der Waals surface area contributed by atoms with Crippen molar-refractivity contribution < 1.29 is 13.9 Å². The molecular formula is C10H9FN2O2. The molecular weight excluding hydrogens is 199 g/mol. The molecule has 0 aliphatic carbocycles. The van der Waals surface area contributed by atoms with E-state index in [1.807, 2.05) is 0 Å². The van der Waals surface area contributed by atoms with Crippen LogP contribution in [0.2, 0.25) is 0 Å². The Balaban J connectivity index is 2.82. The standard InChI is InChI=1S/C10H9FN2O2/c1-2-15-10(14)5-8-3-7(11)4-9(6-12)13-8/h3-4H,2,5H2,1H3. The highest BCUT2D eigenvalue weighted by atomic mass is 19.1. The molecule has 4 nitrogen and oxygen atoms in total. The number of nitriles is 1. The van der Waals surface area contributed by atoms with Gasteiger partial charge in [-0.25, -0.2) is 9.37 Å². The van der Waals surface area contributed by atoms with E-state index in [0.29, 0.717) is 0 Å². The van der Waals surface area contributed by atoms with E-state index in [1.165, 1.54) is 0 Å². The molecule has 0 N–H and O–H groups in total. The Labute approximate surface area is 86.3 Å². The molecule has 0 bridgehead atoms. The van der Waals surface area contributed by atoms with E-state index >= 15 is 0 Å². The van der Waals surface area contributed by atoms with E-state index in [0.717, 1.165) is 12.1 Å². The molecule has 0 aromatic carbocycles. The van der Waals surface area contributed by atoms with Crippen LogP contribution in [0.15, 0.2) is 12.1 Å². The van der Waals surface area contributed by atoms with Crippen molar-refractivity contribution >= 4 is 5.97 Å². The molecule has 0 unspecified atom stereocenters. The lowest BCUT2D eigenvalue weighted by Crippen LogP contribution is -2.09. The highest BCUT2D eigenvalue weighted by molar-refractivity contribution is 5.71. The summed E-state index contributed by atoms with van der Waals surface area (Å²) in [5, 5.41) is 8.53. The first kappa shape index (κ1) is 11.1. The molecule has 78 valence electrons. The van der Waals surface area contributed by atoms with Gasteiger partial charge in [0.15, 0.2) is 0 Å². The van der Waals surface area contributed by atoms with Gasteiger partial charge in [0.2, 0.25) is 0 Å². The maximum absolute atomic E-state index is 12.9. The minimum atomic E-state index is -0.583. The third-order valence-corrected chi connectivity index (χ3v) is 1.59. The van der Waals surface area contributed by atoms with E-state index in [9.17, 15) is 9.18 Å². The molecule has 0 saturated carbocycles. The molecule has 0 aliphatic rings. The fourth-order valence-electron chi connectivity index (χ4n) is 1.06. The van der Waals surface area contributed by atoms with Gasteiger partial charge in [-0.15, -0.1) is 0 Å². The molecule has 1 rings (SSSR count). The molecule has 1 aromatic rings. The fraction of sp³-hybridized carbons (Fsp3) is 0.300. The Morgan fingerprint density at radius 3 is 3.00 bits per heavy atom. The molecule has 0 aliphatic heterocycles. The average Bonchev–Trinajstić information content (AvgIpc) is 2.17. The number of esters is 1. The van der Waals surface area contributed by atoms with E-state index in [-0.39, 0.29) is 24.4 Å². The fourth-order valence-corrected chi connectivity index (χ4v) is 1.06. The average molecular weight is 208 g/mol. The van der Waals surface area contributed by atoms with Crippen molar-refractivity contribution in [3.05, 3.63) is 29.3 Å². The van der Waals surface area contributed by atoms with Crippen LogP contribution in [0.25, 0.3) is 0 Å². The predicted octanol–water partition coefficient (Wildman–Crippen LogP) is 1.20. The van der Waals surface area contributed by atoms with E-state index < -0.39 is 11.8 Å². The SMILES string of the molecule is CCOC(=O)Cc1cc(F)cc(C#N)n1. The topological polar surface area (TPSA) is 63.0 Å². The van der Waals surface area contributed by atoms with Gasteiger partial charge in [0.05, 0.1) is 18.7 Å². The molecule has 1 heterocycles. The van der Waals surface area contributed by atoms with Gasteiger partial charge in [-0.1, -0.05) is 0 Å². The number of aromatic nitrogens is 1. The summed E-state index contributed by atoms with van der Waals surface area (Å²) >= 11 is 0. The Morgan fingerprint density at radius 2 is 2.40 bits per heavy atom.